The van der Waals surface area contributed by atoms with Crippen molar-refractivity contribution < 1.29 is 14.3 Å². The molecule has 0 radical (unpaired) electrons. The molecular formula is C15H21N3O3. The van der Waals surface area contributed by atoms with Gasteiger partial charge in [-0.25, -0.2) is 5.43 Å². The molecule has 1 aromatic carbocycles. The molecule has 1 aromatic rings. The van der Waals surface area contributed by atoms with Gasteiger partial charge in [0.05, 0.1) is 6.21 Å². The van der Waals surface area contributed by atoms with Crippen LogP contribution in [-0.4, -0.2) is 30.2 Å². The van der Waals surface area contributed by atoms with Crippen molar-refractivity contribution in [3.63, 3.8) is 0 Å². The van der Waals surface area contributed by atoms with E-state index in [1.807, 2.05) is 20.8 Å². The van der Waals surface area contributed by atoms with E-state index in [0.29, 0.717) is 5.75 Å². The number of carbonyl (C=O) groups excluding carboxylic acids is 2. The maximum absolute atomic E-state index is 11.6. The highest BCUT2D eigenvalue weighted by Crippen LogP contribution is 2.11. The lowest BCUT2D eigenvalue weighted by atomic mass is 10.1. The van der Waals surface area contributed by atoms with E-state index >= 15 is 0 Å². The van der Waals surface area contributed by atoms with Crippen molar-refractivity contribution in [3.05, 3.63) is 29.8 Å². The second kappa shape index (κ2) is 7.42. The molecule has 1 rings (SSSR count). The number of amides is 2. The SMILES string of the molecule is CC(=O)N/N=C\c1ccc(OCC(=O)NC(C)(C)C)cc1. The zero-order valence-corrected chi connectivity index (χ0v) is 12.8. The average Bonchev–Trinajstić information content (AvgIpc) is 2.35. The number of nitrogens with zero attached hydrogens (tertiary/aromatic N) is 1. The van der Waals surface area contributed by atoms with Gasteiger partial charge in [0.25, 0.3) is 5.91 Å². The number of ether oxygens (including phenoxy) is 1. The first-order valence-electron chi connectivity index (χ1n) is 6.60. The number of benzene rings is 1. The second-order valence-electron chi connectivity index (χ2n) is 5.58. The van der Waals surface area contributed by atoms with E-state index in [0.717, 1.165) is 5.56 Å². The van der Waals surface area contributed by atoms with Crippen LogP contribution in [0.3, 0.4) is 0 Å². The highest BCUT2D eigenvalue weighted by Gasteiger charge is 2.13. The molecule has 2 amide bonds. The van der Waals surface area contributed by atoms with Crippen LogP contribution >= 0.6 is 0 Å². The number of nitrogens with one attached hydrogen (secondary N) is 2. The lowest BCUT2D eigenvalue weighted by Gasteiger charge is -2.20. The van der Waals surface area contributed by atoms with Crippen LogP contribution in [0.1, 0.15) is 33.3 Å². The molecule has 0 saturated heterocycles. The predicted molar refractivity (Wildman–Crippen MR) is 81.2 cm³/mol. The minimum absolute atomic E-state index is 0.0312. The van der Waals surface area contributed by atoms with E-state index in [1.54, 1.807) is 24.3 Å². The molecular weight excluding hydrogens is 270 g/mol. The van der Waals surface area contributed by atoms with Gasteiger partial charge in [0.15, 0.2) is 6.61 Å². The molecule has 0 unspecified atom stereocenters. The maximum Gasteiger partial charge on any atom is 0.258 e. The summed E-state index contributed by atoms with van der Waals surface area (Å²) in [6.07, 6.45) is 1.53. The van der Waals surface area contributed by atoms with Crippen LogP contribution in [0.5, 0.6) is 5.75 Å². The van der Waals surface area contributed by atoms with E-state index < -0.39 is 0 Å². The fraction of sp³-hybridized carbons (Fsp3) is 0.400. The Hall–Kier alpha value is -2.37. The molecule has 0 atom stereocenters. The largest absolute Gasteiger partial charge is 0.484 e. The Kier molecular flexibility index (Phi) is 5.90. The zero-order valence-electron chi connectivity index (χ0n) is 12.8. The molecule has 0 spiro atoms. The molecule has 0 aliphatic heterocycles. The van der Waals surface area contributed by atoms with Crippen LogP contribution in [-0.2, 0) is 9.59 Å². The summed E-state index contributed by atoms with van der Waals surface area (Å²) >= 11 is 0. The monoisotopic (exact) mass is 291 g/mol. The van der Waals surface area contributed by atoms with Crippen molar-refractivity contribution in [2.75, 3.05) is 6.61 Å². The van der Waals surface area contributed by atoms with Crippen LogP contribution in [0.2, 0.25) is 0 Å². The summed E-state index contributed by atoms with van der Waals surface area (Å²) in [5.41, 5.74) is 2.86. The van der Waals surface area contributed by atoms with Gasteiger partial charge in [0, 0.05) is 12.5 Å². The Morgan fingerprint density at radius 1 is 1.24 bits per heavy atom. The Bertz CT molecular complexity index is 516. The highest BCUT2D eigenvalue weighted by atomic mass is 16.5. The fourth-order valence-corrected chi connectivity index (χ4v) is 1.45. The number of hydrazone groups is 1. The van der Waals surface area contributed by atoms with Crippen molar-refractivity contribution in [2.45, 2.75) is 33.2 Å². The molecule has 0 aromatic heterocycles. The quantitative estimate of drug-likeness (QED) is 0.636. The van der Waals surface area contributed by atoms with Gasteiger partial charge in [-0.2, -0.15) is 5.10 Å². The summed E-state index contributed by atoms with van der Waals surface area (Å²) < 4.78 is 5.39. The van der Waals surface area contributed by atoms with Crippen molar-refractivity contribution in [1.29, 1.82) is 0 Å². The molecule has 114 valence electrons. The van der Waals surface area contributed by atoms with Gasteiger partial charge >= 0.3 is 0 Å². The smallest absolute Gasteiger partial charge is 0.258 e. The van der Waals surface area contributed by atoms with E-state index in [4.69, 9.17) is 4.74 Å². The third-order valence-electron chi connectivity index (χ3n) is 2.20. The lowest BCUT2D eigenvalue weighted by Crippen LogP contribution is -2.43. The first-order valence-corrected chi connectivity index (χ1v) is 6.60. The highest BCUT2D eigenvalue weighted by molar-refractivity contribution is 5.82. The number of hydrogen-bond donors (Lipinski definition) is 2. The Morgan fingerprint density at radius 3 is 2.38 bits per heavy atom. The van der Waals surface area contributed by atoms with Gasteiger partial charge < -0.3 is 10.1 Å². The van der Waals surface area contributed by atoms with Gasteiger partial charge in [0.2, 0.25) is 5.91 Å². The third kappa shape index (κ3) is 7.71. The molecule has 0 bridgehead atoms. The van der Waals surface area contributed by atoms with Crippen LogP contribution in [0.4, 0.5) is 0 Å². The van der Waals surface area contributed by atoms with Gasteiger partial charge in [-0.3, -0.25) is 9.59 Å². The number of hydrogen-bond acceptors (Lipinski definition) is 4. The Labute approximate surface area is 124 Å². The molecule has 0 heterocycles. The van der Waals surface area contributed by atoms with Gasteiger partial charge in [-0.05, 0) is 50.6 Å². The summed E-state index contributed by atoms with van der Waals surface area (Å²) in [5, 5.41) is 6.57. The normalized spacial score (nSPS) is 11.2. The minimum Gasteiger partial charge on any atom is -0.484 e. The molecule has 0 aliphatic rings. The van der Waals surface area contributed by atoms with Crippen molar-refractivity contribution in [2.24, 2.45) is 5.10 Å². The molecule has 6 heteroatoms. The van der Waals surface area contributed by atoms with Crippen LogP contribution in [0.25, 0.3) is 0 Å². The number of rotatable bonds is 5. The standard InChI is InChI=1S/C15H21N3O3/c1-11(19)18-16-9-12-5-7-13(8-6-12)21-10-14(20)17-15(2,3)4/h5-9H,10H2,1-4H3,(H,17,20)(H,18,19)/b16-9-. The summed E-state index contributed by atoms with van der Waals surface area (Å²) in [6, 6.07) is 7.03. The summed E-state index contributed by atoms with van der Waals surface area (Å²) in [6.45, 7) is 7.09. The van der Waals surface area contributed by atoms with Crippen LogP contribution in [0.15, 0.2) is 29.4 Å². The fourth-order valence-electron chi connectivity index (χ4n) is 1.45. The molecule has 0 fully saturated rings. The first-order chi connectivity index (χ1) is 9.76. The Balaban J connectivity index is 2.46. The van der Waals surface area contributed by atoms with Crippen molar-refractivity contribution >= 4 is 18.0 Å². The molecule has 0 aliphatic carbocycles. The number of carbonyl (C=O) groups is 2. The van der Waals surface area contributed by atoms with Crippen LogP contribution in [0, 0.1) is 0 Å². The van der Waals surface area contributed by atoms with Crippen molar-refractivity contribution in [3.8, 4) is 5.75 Å². The first kappa shape index (κ1) is 16.7. The Morgan fingerprint density at radius 2 is 1.86 bits per heavy atom. The predicted octanol–water partition coefficient (Wildman–Crippen LogP) is 1.45. The molecule has 6 nitrogen and oxygen atoms in total. The van der Waals surface area contributed by atoms with E-state index in [1.165, 1.54) is 13.1 Å². The summed E-state index contributed by atoms with van der Waals surface area (Å²) in [4.78, 5) is 22.3. The van der Waals surface area contributed by atoms with Crippen LogP contribution < -0.4 is 15.5 Å². The topological polar surface area (TPSA) is 79.8 Å². The third-order valence-corrected chi connectivity index (χ3v) is 2.20. The summed E-state index contributed by atoms with van der Waals surface area (Å²) in [5.74, 6) is 0.200. The van der Waals surface area contributed by atoms with E-state index in [-0.39, 0.29) is 24.0 Å². The van der Waals surface area contributed by atoms with Gasteiger partial charge in [-0.15, -0.1) is 0 Å². The maximum atomic E-state index is 11.6. The molecule has 2 N–H and O–H groups in total. The van der Waals surface area contributed by atoms with Gasteiger partial charge in [-0.1, -0.05) is 0 Å². The average molecular weight is 291 g/mol. The second-order valence-corrected chi connectivity index (χ2v) is 5.58. The minimum atomic E-state index is -0.273. The lowest BCUT2D eigenvalue weighted by molar-refractivity contribution is -0.124. The molecule has 21 heavy (non-hydrogen) atoms. The zero-order chi connectivity index (χ0) is 15.9. The molecule has 0 saturated carbocycles. The van der Waals surface area contributed by atoms with Gasteiger partial charge in [0.1, 0.15) is 5.75 Å². The summed E-state index contributed by atoms with van der Waals surface area (Å²) in [7, 11) is 0. The van der Waals surface area contributed by atoms with E-state index in [9.17, 15) is 9.59 Å². The van der Waals surface area contributed by atoms with Crippen molar-refractivity contribution in [1.82, 2.24) is 10.7 Å². The van der Waals surface area contributed by atoms with E-state index in [2.05, 4.69) is 15.8 Å².